The number of methoxy groups -OCH3 is 1. The molecule has 0 aliphatic carbocycles. The second-order valence-electron chi connectivity index (χ2n) is 5.83. The van der Waals surface area contributed by atoms with E-state index in [1.165, 1.54) is 0 Å². The van der Waals surface area contributed by atoms with Crippen LogP contribution in [0.2, 0.25) is 0 Å². The molecule has 0 aliphatic heterocycles. The Kier molecular flexibility index (Phi) is 6.49. The number of hydrogen-bond acceptors (Lipinski definition) is 4. The molecule has 0 spiro atoms. The van der Waals surface area contributed by atoms with Gasteiger partial charge in [-0.3, -0.25) is 4.79 Å². The zero-order valence-corrected chi connectivity index (χ0v) is 13.4. The van der Waals surface area contributed by atoms with Gasteiger partial charge in [-0.25, -0.2) is 0 Å². The van der Waals surface area contributed by atoms with Crippen LogP contribution in [0.15, 0.2) is 24.3 Å². The summed E-state index contributed by atoms with van der Waals surface area (Å²) < 4.78 is 10.7. The van der Waals surface area contributed by atoms with E-state index in [1.807, 2.05) is 38.1 Å². The SMILES string of the molecule is COc1ccc(OCCN(C)C(=O)CCC(C)(C)N)cc1. The first-order valence-corrected chi connectivity index (χ1v) is 7.11. The van der Waals surface area contributed by atoms with E-state index in [0.717, 1.165) is 11.5 Å². The average Bonchev–Trinajstić information content (AvgIpc) is 2.44. The van der Waals surface area contributed by atoms with Gasteiger partial charge in [-0.15, -0.1) is 0 Å². The molecule has 2 N–H and O–H groups in total. The van der Waals surface area contributed by atoms with Gasteiger partial charge in [0.1, 0.15) is 18.1 Å². The molecule has 1 amide bonds. The predicted molar refractivity (Wildman–Crippen MR) is 83.6 cm³/mol. The normalized spacial score (nSPS) is 11.1. The molecule has 5 nitrogen and oxygen atoms in total. The number of nitrogens with zero attached hydrogens (tertiary/aromatic N) is 1. The Hall–Kier alpha value is -1.75. The summed E-state index contributed by atoms with van der Waals surface area (Å²) in [6, 6.07) is 7.37. The van der Waals surface area contributed by atoms with Gasteiger partial charge in [0.15, 0.2) is 0 Å². The summed E-state index contributed by atoms with van der Waals surface area (Å²) >= 11 is 0. The zero-order chi connectivity index (χ0) is 15.9. The Morgan fingerprint density at radius 1 is 1.24 bits per heavy atom. The first-order valence-electron chi connectivity index (χ1n) is 7.11. The van der Waals surface area contributed by atoms with Crippen LogP contribution in [-0.2, 0) is 4.79 Å². The molecule has 118 valence electrons. The highest BCUT2D eigenvalue weighted by atomic mass is 16.5. The summed E-state index contributed by atoms with van der Waals surface area (Å²) in [6.45, 7) is 4.86. The number of rotatable bonds is 8. The monoisotopic (exact) mass is 294 g/mol. The van der Waals surface area contributed by atoms with Crippen LogP contribution >= 0.6 is 0 Å². The zero-order valence-electron chi connectivity index (χ0n) is 13.4. The van der Waals surface area contributed by atoms with Gasteiger partial charge in [-0.2, -0.15) is 0 Å². The molecule has 0 bridgehead atoms. The highest BCUT2D eigenvalue weighted by molar-refractivity contribution is 5.75. The Morgan fingerprint density at radius 3 is 2.33 bits per heavy atom. The summed E-state index contributed by atoms with van der Waals surface area (Å²) in [4.78, 5) is 13.6. The number of likely N-dealkylation sites (N-methyl/N-ethyl adjacent to an activating group) is 1. The van der Waals surface area contributed by atoms with E-state index in [-0.39, 0.29) is 11.4 Å². The fourth-order valence-electron chi connectivity index (χ4n) is 1.72. The van der Waals surface area contributed by atoms with Gasteiger partial charge in [-0.1, -0.05) is 0 Å². The van der Waals surface area contributed by atoms with Crippen molar-refractivity contribution in [3.8, 4) is 11.5 Å². The van der Waals surface area contributed by atoms with Crippen molar-refractivity contribution < 1.29 is 14.3 Å². The van der Waals surface area contributed by atoms with Crippen LogP contribution in [-0.4, -0.2) is 43.7 Å². The Morgan fingerprint density at radius 2 is 1.81 bits per heavy atom. The van der Waals surface area contributed by atoms with E-state index in [2.05, 4.69) is 0 Å². The summed E-state index contributed by atoms with van der Waals surface area (Å²) in [7, 11) is 3.41. The molecule has 1 aromatic carbocycles. The fourth-order valence-corrected chi connectivity index (χ4v) is 1.72. The minimum atomic E-state index is -0.309. The average molecular weight is 294 g/mol. The van der Waals surface area contributed by atoms with E-state index < -0.39 is 0 Å². The molecular weight excluding hydrogens is 268 g/mol. The molecule has 0 saturated carbocycles. The highest BCUT2D eigenvalue weighted by Crippen LogP contribution is 2.16. The molecule has 0 aromatic heterocycles. The van der Waals surface area contributed by atoms with Crippen molar-refractivity contribution in [3.05, 3.63) is 24.3 Å². The molecule has 21 heavy (non-hydrogen) atoms. The molecule has 0 atom stereocenters. The Bertz CT molecular complexity index is 438. The topological polar surface area (TPSA) is 64.8 Å². The molecule has 5 heteroatoms. The fraction of sp³-hybridized carbons (Fsp3) is 0.562. The van der Waals surface area contributed by atoms with Crippen molar-refractivity contribution in [1.82, 2.24) is 4.90 Å². The lowest BCUT2D eigenvalue weighted by Crippen LogP contribution is -2.36. The van der Waals surface area contributed by atoms with Gasteiger partial charge in [0.05, 0.1) is 13.7 Å². The van der Waals surface area contributed by atoms with Crippen molar-refractivity contribution in [1.29, 1.82) is 0 Å². The number of carbonyl (C=O) groups excluding carboxylic acids is 1. The second-order valence-corrected chi connectivity index (χ2v) is 5.83. The molecular formula is C16H26N2O3. The van der Waals surface area contributed by atoms with E-state index in [0.29, 0.717) is 26.0 Å². The van der Waals surface area contributed by atoms with Crippen LogP contribution in [0, 0.1) is 0 Å². The molecule has 0 aliphatic rings. The second kappa shape index (κ2) is 7.88. The van der Waals surface area contributed by atoms with E-state index in [1.54, 1.807) is 19.1 Å². The third-order valence-electron chi connectivity index (χ3n) is 3.16. The number of benzene rings is 1. The van der Waals surface area contributed by atoms with Gasteiger partial charge < -0.3 is 20.1 Å². The van der Waals surface area contributed by atoms with Gasteiger partial charge in [0.25, 0.3) is 0 Å². The van der Waals surface area contributed by atoms with Crippen LogP contribution in [0.5, 0.6) is 11.5 Å². The molecule has 1 aromatic rings. The van der Waals surface area contributed by atoms with Crippen molar-refractivity contribution in [2.24, 2.45) is 5.73 Å². The number of amides is 1. The third kappa shape index (κ3) is 6.99. The van der Waals surface area contributed by atoms with Gasteiger partial charge in [-0.05, 0) is 44.5 Å². The molecule has 0 radical (unpaired) electrons. The number of nitrogens with two attached hydrogens (primary N) is 1. The number of carbonyl (C=O) groups is 1. The summed E-state index contributed by atoms with van der Waals surface area (Å²) in [5.74, 6) is 1.64. The quantitative estimate of drug-likeness (QED) is 0.797. The van der Waals surface area contributed by atoms with Gasteiger partial charge in [0.2, 0.25) is 5.91 Å². The minimum absolute atomic E-state index is 0.0897. The van der Waals surface area contributed by atoms with Gasteiger partial charge in [0, 0.05) is 19.0 Å². The summed E-state index contributed by atoms with van der Waals surface area (Å²) in [6.07, 6.45) is 1.14. The van der Waals surface area contributed by atoms with Crippen molar-refractivity contribution in [2.45, 2.75) is 32.2 Å². The first kappa shape index (κ1) is 17.3. The third-order valence-corrected chi connectivity index (χ3v) is 3.16. The van der Waals surface area contributed by atoms with Crippen molar-refractivity contribution >= 4 is 5.91 Å². The first-order chi connectivity index (χ1) is 9.81. The smallest absolute Gasteiger partial charge is 0.222 e. The maximum absolute atomic E-state index is 11.9. The van der Waals surface area contributed by atoms with Gasteiger partial charge >= 0.3 is 0 Å². The largest absolute Gasteiger partial charge is 0.497 e. The lowest BCUT2D eigenvalue weighted by atomic mass is 10.00. The number of hydrogen-bond donors (Lipinski definition) is 1. The van der Waals surface area contributed by atoms with Crippen LogP contribution in [0.1, 0.15) is 26.7 Å². The van der Waals surface area contributed by atoms with E-state index in [4.69, 9.17) is 15.2 Å². The maximum atomic E-state index is 11.9. The van der Waals surface area contributed by atoms with E-state index in [9.17, 15) is 4.79 Å². The number of ether oxygens (including phenoxy) is 2. The predicted octanol–water partition coefficient (Wildman–Crippen LogP) is 2.05. The lowest BCUT2D eigenvalue weighted by molar-refractivity contribution is -0.130. The lowest BCUT2D eigenvalue weighted by Gasteiger charge is -2.21. The summed E-state index contributed by atoms with van der Waals surface area (Å²) in [5.41, 5.74) is 5.57. The Labute approximate surface area is 127 Å². The van der Waals surface area contributed by atoms with Crippen LogP contribution in [0.3, 0.4) is 0 Å². The van der Waals surface area contributed by atoms with E-state index >= 15 is 0 Å². The van der Waals surface area contributed by atoms with Crippen molar-refractivity contribution in [3.63, 3.8) is 0 Å². The van der Waals surface area contributed by atoms with Crippen LogP contribution in [0.25, 0.3) is 0 Å². The van der Waals surface area contributed by atoms with Crippen LogP contribution < -0.4 is 15.2 Å². The van der Waals surface area contributed by atoms with Crippen molar-refractivity contribution in [2.75, 3.05) is 27.3 Å². The van der Waals surface area contributed by atoms with Crippen LogP contribution in [0.4, 0.5) is 0 Å². The standard InChI is InChI=1S/C16H26N2O3/c1-16(2,17)10-9-15(19)18(3)11-12-21-14-7-5-13(20-4)6-8-14/h5-8H,9-12,17H2,1-4H3. The molecule has 0 saturated heterocycles. The maximum Gasteiger partial charge on any atom is 0.222 e. The molecule has 0 fully saturated rings. The minimum Gasteiger partial charge on any atom is -0.497 e. The molecule has 1 rings (SSSR count). The summed E-state index contributed by atoms with van der Waals surface area (Å²) in [5, 5.41) is 0. The Balaban J connectivity index is 2.28. The highest BCUT2D eigenvalue weighted by Gasteiger charge is 2.15. The molecule has 0 unspecified atom stereocenters. The molecule has 0 heterocycles.